The second-order valence-electron chi connectivity index (χ2n) is 3.77. The van der Waals surface area contributed by atoms with Crippen LogP contribution in [0.5, 0.6) is 0 Å². The zero-order valence-electron chi connectivity index (χ0n) is 9.42. The van der Waals surface area contributed by atoms with Crippen molar-refractivity contribution in [1.29, 1.82) is 0 Å². The lowest BCUT2D eigenvalue weighted by Gasteiger charge is -2.19. The van der Waals surface area contributed by atoms with Crippen LogP contribution in [-0.2, 0) is 9.84 Å². The number of aliphatic hydroxyl groups excluding tert-OH is 1. The molecule has 0 saturated heterocycles. The number of nitrogen functional groups attached to an aromatic ring is 1. The van der Waals surface area contributed by atoms with Gasteiger partial charge in [-0.05, 0) is 24.6 Å². The Bertz CT molecular complexity index is 456. The molecule has 5 heteroatoms. The van der Waals surface area contributed by atoms with Crippen molar-refractivity contribution in [1.82, 2.24) is 0 Å². The van der Waals surface area contributed by atoms with E-state index in [1.165, 1.54) is 6.92 Å². The molecule has 0 saturated carbocycles. The maximum Gasteiger partial charge on any atom is 0.155 e. The summed E-state index contributed by atoms with van der Waals surface area (Å²) in [6.07, 6.45) is -1.03. The van der Waals surface area contributed by atoms with E-state index in [1.807, 2.05) is 0 Å². The normalized spacial score (nSPS) is 15.7. The van der Waals surface area contributed by atoms with Crippen LogP contribution in [0.4, 0.5) is 5.69 Å². The van der Waals surface area contributed by atoms with Crippen molar-refractivity contribution in [3.63, 3.8) is 0 Å². The van der Waals surface area contributed by atoms with E-state index >= 15 is 0 Å². The molecule has 0 aromatic heterocycles. The Kier molecular flexibility index (Phi) is 3.93. The molecular weight excluding hydrogens is 226 g/mol. The fourth-order valence-corrected chi connectivity index (χ4v) is 2.55. The van der Waals surface area contributed by atoms with Crippen LogP contribution in [0.1, 0.15) is 25.5 Å². The maximum atomic E-state index is 11.6. The second-order valence-corrected chi connectivity index (χ2v) is 6.42. The molecule has 3 N–H and O–H groups in total. The van der Waals surface area contributed by atoms with E-state index in [0.29, 0.717) is 11.3 Å². The van der Waals surface area contributed by atoms with E-state index in [1.54, 1.807) is 31.2 Å². The van der Waals surface area contributed by atoms with E-state index < -0.39 is 21.2 Å². The summed E-state index contributed by atoms with van der Waals surface area (Å²) in [6.45, 7) is 3.07. The first kappa shape index (κ1) is 13.0. The molecule has 2 atom stereocenters. The van der Waals surface area contributed by atoms with Crippen LogP contribution < -0.4 is 5.73 Å². The lowest BCUT2D eigenvalue weighted by Crippen LogP contribution is -2.26. The minimum absolute atomic E-state index is 0.0214. The molecule has 0 aliphatic carbocycles. The monoisotopic (exact) mass is 243 g/mol. The summed E-state index contributed by atoms with van der Waals surface area (Å²) in [6, 6.07) is 6.64. The van der Waals surface area contributed by atoms with Crippen LogP contribution in [0.3, 0.4) is 0 Å². The van der Waals surface area contributed by atoms with Gasteiger partial charge in [-0.2, -0.15) is 0 Å². The molecule has 16 heavy (non-hydrogen) atoms. The number of nitrogens with two attached hydrogens (primary N) is 1. The van der Waals surface area contributed by atoms with Crippen LogP contribution in [0.15, 0.2) is 24.3 Å². The van der Waals surface area contributed by atoms with Crippen molar-refractivity contribution in [2.45, 2.75) is 25.2 Å². The van der Waals surface area contributed by atoms with E-state index in [-0.39, 0.29) is 5.75 Å². The van der Waals surface area contributed by atoms with Gasteiger partial charge in [0.25, 0.3) is 0 Å². The van der Waals surface area contributed by atoms with E-state index in [2.05, 4.69) is 0 Å². The van der Waals surface area contributed by atoms with Crippen molar-refractivity contribution in [3.05, 3.63) is 29.8 Å². The molecule has 0 aliphatic rings. The van der Waals surface area contributed by atoms with Crippen molar-refractivity contribution in [2.75, 3.05) is 11.5 Å². The number of sulfone groups is 1. The van der Waals surface area contributed by atoms with Gasteiger partial charge in [0.1, 0.15) is 0 Å². The first-order valence-corrected chi connectivity index (χ1v) is 6.85. The van der Waals surface area contributed by atoms with Gasteiger partial charge in [0.15, 0.2) is 9.84 Å². The van der Waals surface area contributed by atoms with Gasteiger partial charge in [-0.15, -0.1) is 0 Å². The van der Waals surface area contributed by atoms with Crippen molar-refractivity contribution in [2.24, 2.45) is 0 Å². The van der Waals surface area contributed by atoms with Crippen molar-refractivity contribution in [3.8, 4) is 0 Å². The smallest absolute Gasteiger partial charge is 0.155 e. The number of aliphatic hydroxyl groups is 1. The summed E-state index contributed by atoms with van der Waals surface area (Å²) < 4.78 is 23.2. The van der Waals surface area contributed by atoms with Gasteiger partial charge < -0.3 is 10.8 Å². The summed E-state index contributed by atoms with van der Waals surface area (Å²) >= 11 is 0. The molecule has 0 bridgehead atoms. The Morgan fingerprint density at radius 1 is 1.44 bits per heavy atom. The Hall–Kier alpha value is -1.07. The Labute approximate surface area is 96.0 Å². The van der Waals surface area contributed by atoms with Gasteiger partial charge in [0, 0.05) is 11.4 Å². The molecule has 1 aromatic carbocycles. The molecule has 0 amide bonds. The van der Waals surface area contributed by atoms with Crippen LogP contribution in [0, 0.1) is 0 Å². The van der Waals surface area contributed by atoms with Crippen molar-refractivity contribution < 1.29 is 13.5 Å². The number of rotatable bonds is 4. The lowest BCUT2D eigenvalue weighted by atomic mass is 10.1. The van der Waals surface area contributed by atoms with Crippen LogP contribution >= 0.6 is 0 Å². The predicted molar refractivity (Wildman–Crippen MR) is 64.7 cm³/mol. The highest BCUT2D eigenvalue weighted by Gasteiger charge is 2.27. The molecule has 0 radical (unpaired) electrons. The third-order valence-corrected chi connectivity index (χ3v) is 4.86. The minimum Gasteiger partial charge on any atom is -0.399 e. The van der Waals surface area contributed by atoms with Gasteiger partial charge >= 0.3 is 0 Å². The zero-order chi connectivity index (χ0) is 12.3. The maximum absolute atomic E-state index is 11.6. The Balaban J connectivity index is 2.99. The van der Waals surface area contributed by atoms with Crippen LogP contribution in [0.25, 0.3) is 0 Å². The standard InChI is InChI=1S/C11H17NO3S/c1-3-16(14,15)8(2)11(13)9-5-4-6-10(12)7-9/h4-8,11,13H,3,12H2,1-2H3/t8-,11+/m0/s1. The molecule has 1 aromatic rings. The van der Waals surface area contributed by atoms with Gasteiger partial charge in [0.05, 0.1) is 11.4 Å². The number of benzene rings is 1. The zero-order valence-corrected chi connectivity index (χ0v) is 10.2. The van der Waals surface area contributed by atoms with E-state index in [0.717, 1.165) is 0 Å². The van der Waals surface area contributed by atoms with Gasteiger partial charge in [-0.3, -0.25) is 0 Å². The van der Waals surface area contributed by atoms with Gasteiger partial charge in [0.2, 0.25) is 0 Å². The first-order chi connectivity index (χ1) is 7.38. The summed E-state index contributed by atoms with van der Waals surface area (Å²) in [4.78, 5) is 0. The summed E-state index contributed by atoms with van der Waals surface area (Å²) in [5.74, 6) is 0.0214. The highest BCUT2D eigenvalue weighted by Crippen LogP contribution is 2.23. The van der Waals surface area contributed by atoms with Gasteiger partial charge in [-0.1, -0.05) is 19.1 Å². The average Bonchev–Trinajstić information content (AvgIpc) is 2.27. The SMILES string of the molecule is CCS(=O)(=O)[C@@H](C)[C@@H](O)c1cccc(N)c1. The Morgan fingerprint density at radius 3 is 2.56 bits per heavy atom. The topological polar surface area (TPSA) is 80.4 Å². The lowest BCUT2D eigenvalue weighted by molar-refractivity contribution is 0.176. The second kappa shape index (κ2) is 4.84. The van der Waals surface area contributed by atoms with Crippen LogP contribution in [0.2, 0.25) is 0 Å². The highest BCUT2D eigenvalue weighted by molar-refractivity contribution is 7.92. The van der Waals surface area contributed by atoms with E-state index in [9.17, 15) is 13.5 Å². The third kappa shape index (κ3) is 2.74. The largest absolute Gasteiger partial charge is 0.399 e. The molecule has 0 unspecified atom stereocenters. The third-order valence-electron chi connectivity index (χ3n) is 2.67. The molecule has 0 spiro atoms. The van der Waals surface area contributed by atoms with Crippen LogP contribution in [-0.4, -0.2) is 24.5 Å². The fraction of sp³-hybridized carbons (Fsp3) is 0.455. The molecule has 0 aliphatic heterocycles. The summed E-state index contributed by atoms with van der Waals surface area (Å²) in [5.41, 5.74) is 6.62. The quantitative estimate of drug-likeness (QED) is 0.777. The average molecular weight is 243 g/mol. The molecule has 0 heterocycles. The molecule has 0 fully saturated rings. The number of hydrogen-bond donors (Lipinski definition) is 2. The Morgan fingerprint density at radius 2 is 2.06 bits per heavy atom. The summed E-state index contributed by atoms with van der Waals surface area (Å²) in [5, 5.41) is 9.13. The highest BCUT2D eigenvalue weighted by atomic mass is 32.2. The molecule has 4 nitrogen and oxygen atoms in total. The first-order valence-electron chi connectivity index (χ1n) is 5.13. The van der Waals surface area contributed by atoms with E-state index in [4.69, 9.17) is 5.73 Å². The summed E-state index contributed by atoms with van der Waals surface area (Å²) in [7, 11) is -3.25. The van der Waals surface area contributed by atoms with Gasteiger partial charge in [-0.25, -0.2) is 8.42 Å². The predicted octanol–water partition coefficient (Wildman–Crippen LogP) is 1.13. The van der Waals surface area contributed by atoms with Crippen molar-refractivity contribution >= 4 is 15.5 Å². The minimum atomic E-state index is -3.25. The molecule has 1 rings (SSSR count). The number of hydrogen-bond acceptors (Lipinski definition) is 4. The molecule has 90 valence electrons. The molecular formula is C11H17NO3S. The number of anilines is 1. The fourth-order valence-electron chi connectivity index (χ4n) is 1.47.